The van der Waals surface area contributed by atoms with E-state index in [1.54, 1.807) is 0 Å². The quantitative estimate of drug-likeness (QED) is 0.724. The zero-order chi connectivity index (χ0) is 18.8. The van der Waals surface area contributed by atoms with Crippen LogP contribution in [0.2, 0.25) is 0 Å². The number of nitrogens with one attached hydrogen (secondary N) is 2. The average molecular weight is 362 g/mol. The summed E-state index contributed by atoms with van der Waals surface area (Å²) >= 11 is 0. The second kappa shape index (κ2) is 7.53. The molecule has 0 spiro atoms. The van der Waals surface area contributed by atoms with E-state index in [0.29, 0.717) is 6.54 Å². The van der Waals surface area contributed by atoms with Gasteiger partial charge in [0.15, 0.2) is 0 Å². The number of hydrogen-bond acceptors (Lipinski definition) is 3. The Morgan fingerprint density at radius 2 is 2.11 bits per heavy atom. The minimum atomic E-state index is 0.00827. The van der Waals surface area contributed by atoms with Gasteiger partial charge in [0.05, 0.1) is 29.7 Å². The van der Waals surface area contributed by atoms with Crippen molar-refractivity contribution in [3.63, 3.8) is 0 Å². The van der Waals surface area contributed by atoms with E-state index < -0.39 is 0 Å². The van der Waals surface area contributed by atoms with Crippen LogP contribution in [0.3, 0.4) is 0 Å². The molecule has 27 heavy (non-hydrogen) atoms. The minimum Gasteiger partial charge on any atom is -0.348 e. The first-order valence-corrected chi connectivity index (χ1v) is 9.65. The number of amides is 1. The molecule has 1 amide bonds. The molecule has 2 N–H and O–H groups in total. The van der Waals surface area contributed by atoms with Crippen molar-refractivity contribution >= 4 is 16.9 Å². The number of hydrogen-bond donors (Lipinski definition) is 2. The molecule has 3 aromatic rings. The van der Waals surface area contributed by atoms with Gasteiger partial charge >= 0.3 is 0 Å². The lowest BCUT2D eigenvalue weighted by Crippen LogP contribution is -2.38. The maximum absolute atomic E-state index is 12.6. The van der Waals surface area contributed by atoms with Crippen molar-refractivity contribution in [1.29, 1.82) is 0 Å². The van der Waals surface area contributed by atoms with E-state index in [0.717, 1.165) is 41.8 Å². The number of aromatic amines is 1. The smallest absolute Gasteiger partial charge is 0.234 e. The zero-order valence-electron chi connectivity index (χ0n) is 15.9. The molecule has 5 heteroatoms. The predicted octanol–water partition coefficient (Wildman–Crippen LogP) is 3.89. The third-order valence-corrected chi connectivity index (χ3v) is 5.36. The number of nitrogens with zero attached hydrogens (tertiary/aromatic N) is 2. The van der Waals surface area contributed by atoms with Gasteiger partial charge in [0, 0.05) is 0 Å². The standard InChI is InChI=1S/C22H26N4O/c1-15-10-11-18-19(13-15)25-22(24-18)20-9-6-12-26(20)14-21(27)23-16(2)17-7-4-3-5-8-17/h3-5,7-8,10-11,13,16,20H,6,9,12,14H2,1-2H3,(H,23,27)(H,24,25)/t16-,20-/m0/s1. The molecule has 2 aromatic carbocycles. The Labute approximate surface area is 159 Å². The van der Waals surface area contributed by atoms with Gasteiger partial charge in [-0.3, -0.25) is 9.69 Å². The fourth-order valence-electron chi connectivity index (χ4n) is 3.92. The Morgan fingerprint density at radius 3 is 2.93 bits per heavy atom. The molecule has 1 aliphatic rings. The number of fused-ring (bicyclic) bond motifs is 1. The molecule has 1 aromatic heterocycles. The highest BCUT2D eigenvalue weighted by molar-refractivity contribution is 5.79. The van der Waals surface area contributed by atoms with Crippen LogP contribution < -0.4 is 5.32 Å². The van der Waals surface area contributed by atoms with E-state index in [9.17, 15) is 4.79 Å². The summed E-state index contributed by atoms with van der Waals surface area (Å²) in [5, 5.41) is 3.12. The van der Waals surface area contributed by atoms with Crippen LogP contribution in [0.25, 0.3) is 11.0 Å². The van der Waals surface area contributed by atoms with Crippen molar-refractivity contribution in [2.45, 2.75) is 38.8 Å². The largest absolute Gasteiger partial charge is 0.348 e. The van der Waals surface area contributed by atoms with Crippen LogP contribution in [0, 0.1) is 6.92 Å². The Hall–Kier alpha value is -2.66. The number of H-pyrrole nitrogens is 1. The van der Waals surface area contributed by atoms with Crippen molar-refractivity contribution in [3.8, 4) is 0 Å². The van der Waals surface area contributed by atoms with Gasteiger partial charge in [-0.1, -0.05) is 36.4 Å². The fraction of sp³-hybridized carbons (Fsp3) is 0.364. The highest BCUT2D eigenvalue weighted by Crippen LogP contribution is 2.31. The predicted molar refractivity (Wildman–Crippen MR) is 107 cm³/mol. The lowest BCUT2D eigenvalue weighted by molar-refractivity contribution is -0.123. The van der Waals surface area contributed by atoms with Gasteiger partial charge < -0.3 is 10.3 Å². The van der Waals surface area contributed by atoms with Crippen molar-refractivity contribution < 1.29 is 4.79 Å². The monoisotopic (exact) mass is 362 g/mol. The molecule has 5 nitrogen and oxygen atoms in total. The van der Waals surface area contributed by atoms with Crippen LogP contribution in [0.5, 0.6) is 0 Å². The van der Waals surface area contributed by atoms with Gasteiger partial charge in [-0.25, -0.2) is 4.98 Å². The first-order chi connectivity index (χ1) is 13.1. The highest BCUT2D eigenvalue weighted by atomic mass is 16.2. The first kappa shape index (κ1) is 17.7. The number of carbonyl (C=O) groups is 1. The van der Waals surface area contributed by atoms with E-state index in [2.05, 4.69) is 40.3 Å². The van der Waals surface area contributed by atoms with Crippen molar-refractivity contribution in [3.05, 3.63) is 65.5 Å². The van der Waals surface area contributed by atoms with E-state index >= 15 is 0 Å². The maximum atomic E-state index is 12.6. The second-order valence-electron chi connectivity index (χ2n) is 7.47. The topological polar surface area (TPSA) is 61.0 Å². The second-order valence-corrected chi connectivity index (χ2v) is 7.47. The van der Waals surface area contributed by atoms with Gasteiger partial charge in [0.1, 0.15) is 5.82 Å². The SMILES string of the molecule is Cc1ccc2nc([C@@H]3CCCN3CC(=O)N[C@@H](C)c3ccccc3)[nH]c2c1. The molecule has 1 fully saturated rings. The molecule has 1 saturated heterocycles. The van der Waals surface area contributed by atoms with Crippen LogP contribution in [-0.2, 0) is 4.79 Å². The lowest BCUT2D eigenvalue weighted by Gasteiger charge is -2.23. The number of likely N-dealkylation sites (tertiary alicyclic amines) is 1. The minimum absolute atomic E-state index is 0.00827. The molecule has 0 bridgehead atoms. The summed E-state index contributed by atoms with van der Waals surface area (Å²) in [6.07, 6.45) is 2.11. The number of carbonyl (C=O) groups excluding carboxylic acids is 1. The Bertz CT molecular complexity index is 934. The number of rotatable bonds is 5. The van der Waals surface area contributed by atoms with Gasteiger partial charge in [-0.05, 0) is 56.5 Å². The van der Waals surface area contributed by atoms with Crippen LogP contribution in [0.1, 0.15) is 48.8 Å². The lowest BCUT2D eigenvalue weighted by atomic mass is 10.1. The Morgan fingerprint density at radius 1 is 1.30 bits per heavy atom. The van der Waals surface area contributed by atoms with E-state index in [-0.39, 0.29) is 18.0 Å². The first-order valence-electron chi connectivity index (χ1n) is 9.65. The molecular weight excluding hydrogens is 336 g/mol. The fourth-order valence-corrected chi connectivity index (χ4v) is 3.92. The molecular formula is C22H26N4O. The molecule has 0 radical (unpaired) electrons. The van der Waals surface area contributed by atoms with Crippen molar-refractivity contribution in [2.75, 3.05) is 13.1 Å². The molecule has 1 aliphatic heterocycles. The van der Waals surface area contributed by atoms with E-state index in [1.807, 2.05) is 37.3 Å². The molecule has 140 valence electrons. The Kier molecular flexibility index (Phi) is 4.94. The summed E-state index contributed by atoms with van der Waals surface area (Å²) in [7, 11) is 0. The maximum Gasteiger partial charge on any atom is 0.234 e. The summed E-state index contributed by atoms with van der Waals surface area (Å²) in [6.45, 7) is 5.43. The third-order valence-electron chi connectivity index (χ3n) is 5.36. The van der Waals surface area contributed by atoms with Crippen molar-refractivity contribution in [1.82, 2.24) is 20.2 Å². The summed E-state index contributed by atoms with van der Waals surface area (Å²) in [6, 6.07) is 16.5. The van der Waals surface area contributed by atoms with Crippen LogP contribution in [0.15, 0.2) is 48.5 Å². The van der Waals surface area contributed by atoms with Gasteiger partial charge in [0.25, 0.3) is 0 Å². The van der Waals surface area contributed by atoms with Crippen LogP contribution >= 0.6 is 0 Å². The summed E-state index contributed by atoms with van der Waals surface area (Å²) < 4.78 is 0. The van der Waals surface area contributed by atoms with Crippen LogP contribution in [0.4, 0.5) is 0 Å². The highest BCUT2D eigenvalue weighted by Gasteiger charge is 2.30. The number of aryl methyl sites for hydroxylation is 1. The summed E-state index contributed by atoms with van der Waals surface area (Å²) in [5.74, 6) is 1.03. The van der Waals surface area contributed by atoms with Crippen molar-refractivity contribution in [2.24, 2.45) is 0 Å². The molecule has 0 unspecified atom stereocenters. The molecule has 4 rings (SSSR count). The third kappa shape index (κ3) is 3.88. The average Bonchev–Trinajstić information content (AvgIpc) is 3.28. The molecule has 0 saturated carbocycles. The summed E-state index contributed by atoms with van der Waals surface area (Å²) in [4.78, 5) is 23.1. The van der Waals surface area contributed by atoms with Gasteiger partial charge in [-0.15, -0.1) is 0 Å². The van der Waals surface area contributed by atoms with E-state index in [4.69, 9.17) is 4.98 Å². The normalized spacial score (nSPS) is 18.7. The molecule has 2 atom stereocenters. The summed E-state index contributed by atoms with van der Waals surface area (Å²) in [5.41, 5.74) is 4.40. The molecule has 2 heterocycles. The number of aromatic nitrogens is 2. The van der Waals surface area contributed by atoms with Gasteiger partial charge in [-0.2, -0.15) is 0 Å². The van der Waals surface area contributed by atoms with Gasteiger partial charge in [0.2, 0.25) is 5.91 Å². The van der Waals surface area contributed by atoms with E-state index in [1.165, 1.54) is 5.56 Å². The molecule has 0 aliphatic carbocycles. The number of benzene rings is 2. The van der Waals surface area contributed by atoms with Crippen LogP contribution in [-0.4, -0.2) is 33.9 Å². The number of imidazole rings is 1. The zero-order valence-corrected chi connectivity index (χ0v) is 15.9. The Balaban J connectivity index is 1.44.